The smallest absolute Gasteiger partial charge is 0.0406 e. The molecule has 0 saturated heterocycles. The lowest BCUT2D eigenvalue weighted by atomic mass is 9.89. The first kappa shape index (κ1) is 16.1. The number of nitrogens with one attached hydrogen (secondary N) is 1. The Kier molecular flexibility index (Phi) is 6.28. The summed E-state index contributed by atoms with van der Waals surface area (Å²) < 4.78 is 0. The third-order valence-electron chi connectivity index (χ3n) is 3.95. The quantitative estimate of drug-likeness (QED) is 0.754. The zero-order valence-electron chi connectivity index (χ0n) is 12.9. The molecule has 0 aliphatic rings. The Bertz CT molecular complexity index is 521. The maximum atomic E-state index is 5.97. The van der Waals surface area contributed by atoms with Crippen LogP contribution in [-0.4, -0.2) is 12.6 Å². The van der Waals surface area contributed by atoms with E-state index in [2.05, 4.69) is 61.6 Å². The summed E-state index contributed by atoms with van der Waals surface area (Å²) >= 11 is 5.97. The highest BCUT2D eigenvalue weighted by atomic mass is 35.5. The lowest BCUT2D eigenvalue weighted by Gasteiger charge is -2.26. The molecule has 2 aromatic rings. The van der Waals surface area contributed by atoms with Crippen molar-refractivity contribution in [2.75, 3.05) is 6.54 Å². The zero-order valence-corrected chi connectivity index (χ0v) is 13.6. The molecule has 1 nitrogen and oxygen atoms in total. The molecule has 112 valence electrons. The van der Waals surface area contributed by atoms with E-state index in [9.17, 15) is 0 Å². The molecule has 0 saturated carbocycles. The van der Waals surface area contributed by atoms with Gasteiger partial charge in [-0.2, -0.15) is 0 Å². The van der Waals surface area contributed by atoms with E-state index < -0.39 is 0 Å². The SMILES string of the molecule is CCCNC(Cc1ccc(Cl)cc1)C(C)c1ccccc1. The Hall–Kier alpha value is -1.31. The molecular weight excluding hydrogens is 278 g/mol. The minimum atomic E-state index is 0.438. The van der Waals surface area contributed by atoms with Crippen molar-refractivity contribution in [1.29, 1.82) is 0 Å². The fourth-order valence-corrected chi connectivity index (χ4v) is 2.74. The average molecular weight is 302 g/mol. The highest BCUT2D eigenvalue weighted by Crippen LogP contribution is 2.22. The van der Waals surface area contributed by atoms with E-state index in [1.807, 2.05) is 12.1 Å². The summed E-state index contributed by atoms with van der Waals surface area (Å²) in [4.78, 5) is 0. The van der Waals surface area contributed by atoms with Crippen LogP contribution in [0.4, 0.5) is 0 Å². The predicted molar refractivity (Wildman–Crippen MR) is 92.1 cm³/mol. The summed E-state index contributed by atoms with van der Waals surface area (Å²) in [5.74, 6) is 0.480. The monoisotopic (exact) mass is 301 g/mol. The van der Waals surface area contributed by atoms with Crippen LogP contribution in [0.25, 0.3) is 0 Å². The van der Waals surface area contributed by atoms with Crippen LogP contribution >= 0.6 is 11.6 Å². The van der Waals surface area contributed by atoms with Crippen molar-refractivity contribution >= 4 is 11.6 Å². The molecule has 0 heterocycles. The van der Waals surface area contributed by atoms with Gasteiger partial charge in [0.1, 0.15) is 0 Å². The van der Waals surface area contributed by atoms with Crippen molar-refractivity contribution in [1.82, 2.24) is 5.32 Å². The van der Waals surface area contributed by atoms with Crippen molar-refractivity contribution in [3.05, 3.63) is 70.7 Å². The van der Waals surface area contributed by atoms with Crippen LogP contribution in [0, 0.1) is 0 Å². The average Bonchev–Trinajstić information content (AvgIpc) is 2.53. The van der Waals surface area contributed by atoms with E-state index in [0.29, 0.717) is 12.0 Å². The van der Waals surface area contributed by atoms with Crippen molar-refractivity contribution in [3.63, 3.8) is 0 Å². The van der Waals surface area contributed by atoms with Gasteiger partial charge in [0.15, 0.2) is 0 Å². The molecule has 21 heavy (non-hydrogen) atoms. The standard InChI is InChI=1S/C19H24ClN/c1-3-13-21-19(14-16-9-11-18(20)12-10-16)15(2)17-7-5-4-6-8-17/h4-12,15,19,21H,3,13-14H2,1-2H3. The van der Waals surface area contributed by atoms with Gasteiger partial charge in [-0.25, -0.2) is 0 Å². The van der Waals surface area contributed by atoms with Crippen LogP contribution in [0.5, 0.6) is 0 Å². The predicted octanol–water partition coefficient (Wildman–Crippen LogP) is 5.05. The Morgan fingerprint density at radius 2 is 1.67 bits per heavy atom. The summed E-state index contributed by atoms with van der Waals surface area (Å²) in [6, 6.07) is 19.4. The molecular formula is C19H24ClN. The van der Waals surface area contributed by atoms with E-state index in [0.717, 1.165) is 24.4 Å². The molecule has 2 atom stereocenters. The van der Waals surface area contributed by atoms with Gasteiger partial charge in [-0.1, -0.05) is 67.9 Å². The normalized spacial score (nSPS) is 13.9. The van der Waals surface area contributed by atoms with Gasteiger partial charge in [-0.3, -0.25) is 0 Å². The molecule has 2 aromatic carbocycles. The first-order chi connectivity index (χ1) is 10.2. The molecule has 0 aliphatic heterocycles. The molecule has 0 fully saturated rings. The van der Waals surface area contributed by atoms with Gasteiger partial charge in [0.2, 0.25) is 0 Å². The molecule has 0 bridgehead atoms. The highest BCUT2D eigenvalue weighted by molar-refractivity contribution is 6.30. The third kappa shape index (κ3) is 4.87. The first-order valence-electron chi connectivity index (χ1n) is 7.73. The Balaban J connectivity index is 2.11. The largest absolute Gasteiger partial charge is 0.313 e. The number of rotatable bonds is 7. The van der Waals surface area contributed by atoms with Gasteiger partial charge in [0.05, 0.1) is 0 Å². The van der Waals surface area contributed by atoms with Crippen LogP contribution in [-0.2, 0) is 6.42 Å². The van der Waals surface area contributed by atoms with Crippen LogP contribution in [0.15, 0.2) is 54.6 Å². The summed E-state index contributed by atoms with van der Waals surface area (Å²) in [5, 5.41) is 4.50. The van der Waals surface area contributed by atoms with Gasteiger partial charge in [0, 0.05) is 11.1 Å². The summed E-state index contributed by atoms with van der Waals surface area (Å²) in [6.07, 6.45) is 2.17. The van der Waals surface area contributed by atoms with Crippen LogP contribution in [0.3, 0.4) is 0 Å². The van der Waals surface area contributed by atoms with Crippen LogP contribution < -0.4 is 5.32 Å². The van der Waals surface area contributed by atoms with E-state index in [1.54, 1.807) is 0 Å². The molecule has 0 radical (unpaired) electrons. The van der Waals surface area contributed by atoms with Gasteiger partial charge in [-0.15, -0.1) is 0 Å². The minimum Gasteiger partial charge on any atom is -0.313 e. The Labute approximate surface area is 133 Å². The number of hydrogen-bond donors (Lipinski definition) is 1. The maximum Gasteiger partial charge on any atom is 0.0406 e. The van der Waals surface area contributed by atoms with Gasteiger partial charge in [0.25, 0.3) is 0 Å². The number of halogens is 1. The third-order valence-corrected chi connectivity index (χ3v) is 4.21. The fourth-order valence-electron chi connectivity index (χ4n) is 2.62. The highest BCUT2D eigenvalue weighted by Gasteiger charge is 2.18. The molecule has 0 aromatic heterocycles. The summed E-state index contributed by atoms with van der Waals surface area (Å²) in [7, 11) is 0. The lowest BCUT2D eigenvalue weighted by Crippen LogP contribution is -2.36. The summed E-state index contributed by atoms with van der Waals surface area (Å²) in [6.45, 7) is 5.56. The van der Waals surface area contributed by atoms with Gasteiger partial charge >= 0.3 is 0 Å². The lowest BCUT2D eigenvalue weighted by molar-refractivity contribution is 0.447. The first-order valence-corrected chi connectivity index (χ1v) is 8.11. The minimum absolute atomic E-state index is 0.438. The van der Waals surface area contributed by atoms with Crippen molar-refractivity contribution < 1.29 is 0 Å². The summed E-state index contributed by atoms with van der Waals surface area (Å²) in [5.41, 5.74) is 2.72. The molecule has 0 spiro atoms. The molecule has 2 rings (SSSR count). The molecule has 1 N–H and O–H groups in total. The molecule has 2 heteroatoms. The Morgan fingerprint density at radius 1 is 1.00 bits per heavy atom. The molecule has 0 aliphatic carbocycles. The van der Waals surface area contributed by atoms with Gasteiger partial charge in [-0.05, 0) is 48.6 Å². The van der Waals surface area contributed by atoms with E-state index in [1.165, 1.54) is 11.1 Å². The second-order valence-corrected chi connectivity index (χ2v) is 6.03. The topological polar surface area (TPSA) is 12.0 Å². The van der Waals surface area contributed by atoms with Crippen molar-refractivity contribution in [2.24, 2.45) is 0 Å². The maximum absolute atomic E-state index is 5.97. The second-order valence-electron chi connectivity index (χ2n) is 5.59. The number of benzene rings is 2. The zero-order chi connectivity index (χ0) is 15.1. The van der Waals surface area contributed by atoms with E-state index >= 15 is 0 Å². The van der Waals surface area contributed by atoms with E-state index in [-0.39, 0.29) is 0 Å². The molecule has 2 unspecified atom stereocenters. The fraction of sp³-hybridized carbons (Fsp3) is 0.368. The van der Waals surface area contributed by atoms with Crippen LogP contribution in [0.1, 0.15) is 37.3 Å². The molecule has 0 amide bonds. The van der Waals surface area contributed by atoms with Gasteiger partial charge < -0.3 is 5.32 Å². The van der Waals surface area contributed by atoms with Crippen molar-refractivity contribution in [3.8, 4) is 0 Å². The Morgan fingerprint density at radius 3 is 2.29 bits per heavy atom. The second kappa shape index (κ2) is 8.21. The number of hydrogen-bond acceptors (Lipinski definition) is 1. The van der Waals surface area contributed by atoms with Crippen LogP contribution in [0.2, 0.25) is 5.02 Å². The van der Waals surface area contributed by atoms with Crippen molar-refractivity contribution in [2.45, 2.75) is 38.6 Å². The van der Waals surface area contributed by atoms with E-state index in [4.69, 9.17) is 11.6 Å².